The number of hydrogen-bond acceptors (Lipinski definition) is 8. The van der Waals surface area contributed by atoms with Crippen molar-refractivity contribution in [2.24, 2.45) is 0 Å². The fourth-order valence-electron chi connectivity index (χ4n) is 4.76. The lowest BCUT2D eigenvalue weighted by molar-refractivity contribution is -0.123. The average Bonchev–Trinajstić information content (AvgIpc) is 3.35. The molecule has 0 spiro atoms. The quantitative estimate of drug-likeness (QED) is 0.257. The molecule has 35 heavy (non-hydrogen) atoms. The van der Waals surface area contributed by atoms with Crippen LogP contribution in [0.1, 0.15) is 48.1 Å². The summed E-state index contributed by atoms with van der Waals surface area (Å²) in [6.07, 6.45) is 1.19. The number of aromatic amines is 1. The summed E-state index contributed by atoms with van der Waals surface area (Å²) in [7, 11) is 0. The maximum Gasteiger partial charge on any atom is 0.194 e. The molecule has 1 aliphatic heterocycles. The number of nitrogens with zero attached hydrogens (tertiary/aromatic N) is 1. The molecule has 0 radical (unpaired) electrons. The Kier molecular flexibility index (Phi) is 4.84. The number of hydrogen-bond donors (Lipinski definition) is 4. The molecule has 0 unspecified atom stereocenters. The molecule has 1 aromatic heterocycles. The van der Waals surface area contributed by atoms with E-state index in [1.165, 1.54) is 26.8 Å². The third kappa shape index (κ3) is 3.08. The van der Waals surface area contributed by atoms with Gasteiger partial charge in [0.15, 0.2) is 17.3 Å². The zero-order valence-corrected chi connectivity index (χ0v) is 19.6. The van der Waals surface area contributed by atoms with Gasteiger partial charge in [0.2, 0.25) is 0 Å². The van der Waals surface area contributed by atoms with Gasteiger partial charge in [-0.1, -0.05) is 12.1 Å². The third-order valence-corrected chi connectivity index (χ3v) is 6.72. The van der Waals surface area contributed by atoms with Crippen LogP contribution in [0.2, 0.25) is 0 Å². The van der Waals surface area contributed by atoms with Gasteiger partial charge in [-0.25, -0.2) is 4.98 Å². The maximum atomic E-state index is 13.8. The number of benzene rings is 2. The fourth-order valence-corrected chi connectivity index (χ4v) is 4.76. The molecule has 0 fully saturated rings. The van der Waals surface area contributed by atoms with Gasteiger partial charge in [0.1, 0.15) is 39.8 Å². The molecule has 1 atom stereocenters. The molecular formula is C26H23N3O6. The Balaban J connectivity index is 1.57. The van der Waals surface area contributed by atoms with E-state index in [9.17, 15) is 24.6 Å². The number of allylic oxidation sites excluding steroid dienone is 4. The van der Waals surface area contributed by atoms with Crippen LogP contribution >= 0.6 is 0 Å². The molecule has 9 heteroatoms. The van der Waals surface area contributed by atoms with Crippen molar-refractivity contribution in [1.82, 2.24) is 15.3 Å². The van der Waals surface area contributed by atoms with E-state index in [2.05, 4.69) is 15.3 Å². The molecule has 0 saturated carbocycles. The first-order valence-electron chi connectivity index (χ1n) is 11.0. The Morgan fingerprint density at radius 3 is 2.57 bits per heavy atom. The smallest absolute Gasteiger partial charge is 0.194 e. The number of imidazole rings is 1. The second-order valence-corrected chi connectivity index (χ2v) is 8.94. The summed E-state index contributed by atoms with van der Waals surface area (Å²) in [4.78, 5) is 46.8. The number of carbonyl (C=O) groups excluding carboxylic acids is 3. The Labute approximate surface area is 200 Å². The first kappa shape index (κ1) is 22.4. The Bertz CT molecular complexity index is 1510. The molecule has 0 bridgehead atoms. The summed E-state index contributed by atoms with van der Waals surface area (Å²) in [5.41, 5.74) is 0.347. The van der Waals surface area contributed by atoms with Crippen molar-refractivity contribution in [1.29, 1.82) is 0 Å². The molecule has 178 valence electrons. The predicted octanol–water partition coefficient (Wildman–Crippen LogP) is 3.23. The van der Waals surface area contributed by atoms with Crippen LogP contribution in [-0.4, -0.2) is 37.5 Å². The fraction of sp³-hybridized carbons (Fsp3) is 0.231. The van der Waals surface area contributed by atoms with Crippen LogP contribution in [0.4, 0.5) is 0 Å². The summed E-state index contributed by atoms with van der Waals surface area (Å²) in [5.74, 6) is -1.89. The summed E-state index contributed by atoms with van der Waals surface area (Å²) in [6, 6.07) is 7.55. The molecule has 3 aromatic rings. The molecule has 2 heterocycles. The second-order valence-electron chi connectivity index (χ2n) is 8.94. The van der Waals surface area contributed by atoms with Gasteiger partial charge < -0.3 is 25.3 Å². The number of para-hydroxylation sites is 2. The van der Waals surface area contributed by atoms with E-state index in [-0.39, 0.29) is 46.1 Å². The molecule has 2 aliphatic rings. The van der Waals surface area contributed by atoms with Gasteiger partial charge in [-0.3, -0.25) is 14.4 Å². The van der Waals surface area contributed by atoms with Gasteiger partial charge in [0.05, 0.1) is 28.7 Å². The number of carbonyl (C=O) groups is 3. The standard InChI is InChI=1S/C26H23N3O6/c1-11-22(32)20(13(3)30)24-21(23(11)33)26(4)17(35-24)9-16(31)19(25(26)34)12(2)27-10-18-28-14-7-5-6-8-15(14)29-18/h5-9,27,32-33H,10H2,1-4H3,(H,28,29)/b19-12+/t26-/m1/s1. The minimum atomic E-state index is -1.55. The van der Waals surface area contributed by atoms with Crippen LogP contribution in [0.5, 0.6) is 17.2 Å². The highest BCUT2D eigenvalue weighted by Crippen LogP contribution is 2.57. The van der Waals surface area contributed by atoms with Crippen LogP contribution in [0, 0.1) is 6.92 Å². The number of ketones is 3. The highest BCUT2D eigenvalue weighted by molar-refractivity contribution is 6.31. The van der Waals surface area contributed by atoms with Crippen LogP contribution in [0.25, 0.3) is 11.0 Å². The van der Waals surface area contributed by atoms with Crippen molar-refractivity contribution >= 4 is 28.4 Å². The molecular weight excluding hydrogens is 450 g/mol. The largest absolute Gasteiger partial charge is 0.507 e. The van der Waals surface area contributed by atoms with Crippen LogP contribution in [0.3, 0.4) is 0 Å². The van der Waals surface area contributed by atoms with Gasteiger partial charge >= 0.3 is 0 Å². The number of phenols is 2. The highest BCUT2D eigenvalue weighted by atomic mass is 16.5. The van der Waals surface area contributed by atoms with Gasteiger partial charge in [0.25, 0.3) is 0 Å². The number of rotatable bonds is 4. The van der Waals surface area contributed by atoms with Crippen LogP contribution in [0.15, 0.2) is 47.4 Å². The Hall–Kier alpha value is -4.40. The van der Waals surface area contributed by atoms with E-state index in [0.717, 1.165) is 11.0 Å². The summed E-state index contributed by atoms with van der Waals surface area (Å²) in [5, 5.41) is 24.4. The van der Waals surface area contributed by atoms with E-state index in [0.29, 0.717) is 11.5 Å². The number of nitrogens with one attached hydrogen (secondary N) is 2. The highest BCUT2D eigenvalue weighted by Gasteiger charge is 2.56. The van der Waals surface area contributed by atoms with Gasteiger partial charge in [0, 0.05) is 17.3 Å². The first-order valence-corrected chi connectivity index (χ1v) is 11.0. The van der Waals surface area contributed by atoms with Crippen molar-refractivity contribution in [2.75, 3.05) is 0 Å². The van der Waals surface area contributed by atoms with Gasteiger partial charge in [-0.05, 0) is 39.8 Å². The zero-order chi connectivity index (χ0) is 25.2. The molecule has 5 rings (SSSR count). The predicted molar refractivity (Wildman–Crippen MR) is 126 cm³/mol. The monoisotopic (exact) mass is 473 g/mol. The molecule has 9 nitrogen and oxygen atoms in total. The van der Waals surface area contributed by atoms with Crippen molar-refractivity contribution in [3.8, 4) is 17.2 Å². The topological polar surface area (TPSA) is 142 Å². The third-order valence-electron chi connectivity index (χ3n) is 6.72. The summed E-state index contributed by atoms with van der Waals surface area (Å²) in [6.45, 7) is 6.09. The zero-order valence-electron chi connectivity index (χ0n) is 19.6. The molecule has 1 aliphatic carbocycles. The number of aromatic hydroxyl groups is 2. The average molecular weight is 473 g/mol. The Morgan fingerprint density at radius 1 is 1.17 bits per heavy atom. The minimum absolute atomic E-state index is 0.000802. The minimum Gasteiger partial charge on any atom is -0.507 e. The number of fused-ring (bicyclic) bond motifs is 4. The SMILES string of the molecule is CC(=O)c1c(O)c(C)c(O)c2c1OC1=CC(=O)/C(=C(/C)NCc3nc4ccccc4[nH]3)C(=O)[C@]12C. The molecule has 4 N–H and O–H groups in total. The number of aromatic nitrogens is 2. The maximum absolute atomic E-state index is 13.8. The van der Waals surface area contributed by atoms with Crippen LogP contribution < -0.4 is 10.1 Å². The lowest BCUT2D eigenvalue weighted by atomic mass is 9.70. The van der Waals surface area contributed by atoms with Crippen molar-refractivity contribution in [3.63, 3.8) is 0 Å². The van der Waals surface area contributed by atoms with Crippen molar-refractivity contribution in [3.05, 3.63) is 69.9 Å². The van der Waals surface area contributed by atoms with E-state index in [1.54, 1.807) is 6.92 Å². The normalized spacial score (nSPS) is 20.3. The van der Waals surface area contributed by atoms with E-state index >= 15 is 0 Å². The van der Waals surface area contributed by atoms with Crippen LogP contribution in [-0.2, 0) is 21.5 Å². The molecule has 0 amide bonds. The van der Waals surface area contributed by atoms with Gasteiger partial charge in [-0.2, -0.15) is 0 Å². The molecule has 2 aromatic carbocycles. The summed E-state index contributed by atoms with van der Waals surface area (Å²) >= 11 is 0. The number of H-pyrrole nitrogens is 1. The first-order chi connectivity index (χ1) is 16.6. The second kappa shape index (κ2) is 7.56. The molecule has 0 saturated heterocycles. The summed E-state index contributed by atoms with van der Waals surface area (Å²) < 4.78 is 5.78. The lowest BCUT2D eigenvalue weighted by Crippen LogP contribution is -2.41. The number of ether oxygens (including phenoxy) is 1. The van der Waals surface area contributed by atoms with Crippen molar-refractivity contribution in [2.45, 2.75) is 39.7 Å². The van der Waals surface area contributed by atoms with Crippen molar-refractivity contribution < 1.29 is 29.3 Å². The number of Topliss-reactive ketones (excluding diaryl/α,β-unsaturated/α-hetero) is 2. The number of phenolic OH excluding ortho intramolecular Hbond substituents is 2. The van der Waals surface area contributed by atoms with E-state index < -0.39 is 28.5 Å². The van der Waals surface area contributed by atoms with E-state index in [1.807, 2.05) is 24.3 Å². The van der Waals surface area contributed by atoms with E-state index in [4.69, 9.17) is 4.74 Å². The lowest BCUT2D eigenvalue weighted by Gasteiger charge is -2.29. The van der Waals surface area contributed by atoms with Gasteiger partial charge in [-0.15, -0.1) is 0 Å². The Morgan fingerprint density at radius 2 is 1.89 bits per heavy atom.